The third-order valence-electron chi connectivity index (χ3n) is 3.50. The first-order chi connectivity index (χ1) is 11.0. The first-order valence-corrected chi connectivity index (χ1v) is 7.99. The zero-order valence-electron chi connectivity index (χ0n) is 12.9. The van der Waals surface area contributed by atoms with Gasteiger partial charge in [0.1, 0.15) is 19.3 Å². The summed E-state index contributed by atoms with van der Waals surface area (Å²) >= 11 is 6.12. The molecular weight excluding hydrogens is 322 g/mol. The fraction of sp³-hybridized carbons (Fsp3) is 0.500. The Labute approximate surface area is 139 Å². The minimum absolute atomic E-state index is 0.0340. The first kappa shape index (κ1) is 17.4. The van der Waals surface area contributed by atoms with Crippen LogP contribution < -0.4 is 14.8 Å². The van der Waals surface area contributed by atoms with E-state index in [0.717, 1.165) is 12.8 Å². The van der Waals surface area contributed by atoms with Crippen LogP contribution in [0.25, 0.3) is 0 Å². The Morgan fingerprint density at radius 2 is 2.09 bits per heavy atom. The number of aliphatic carboxylic acids is 1. The molecule has 1 aromatic rings. The molecule has 0 bridgehead atoms. The van der Waals surface area contributed by atoms with Gasteiger partial charge in [0.05, 0.1) is 11.4 Å². The molecule has 126 valence electrons. The van der Waals surface area contributed by atoms with Crippen LogP contribution in [0.3, 0.4) is 0 Å². The maximum atomic E-state index is 12.1. The number of hydrogen-bond acceptors (Lipinski definition) is 4. The average molecular weight is 342 g/mol. The summed E-state index contributed by atoms with van der Waals surface area (Å²) in [6.45, 7) is 2.83. The molecule has 1 aliphatic heterocycles. The summed E-state index contributed by atoms with van der Waals surface area (Å²) in [5.41, 5.74) is 0.649. The van der Waals surface area contributed by atoms with Crippen LogP contribution in [0.15, 0.2) is 12.1 Å². The number of carboxylic acid groups (broad SMARTS) is 1. The summed E-state index contributed by atoms with van der Waals surface area (Å²) < 4.78 is 10.9. The number of rotatable bonds is 7. The van der Waals surface area contributed by atoms with Crippen molar-refractivity contribution in [3.05, 3.63) is 22.7 Å². The quantitative estimate of drug-likeness (QED) is 0.795. The Kier molecular flexibility index (Phi) is 6.10. The molecule has 23 heavy (non-hydrogen) atoms. The van der Waals surface area contributed by atoms with E-state index in [4.69, 9.17) is 26.2 Å². The minimum atomic E-state index is -1.02. The van der Waals surface area contributed by atoms with Gasteiger partial charge in [-0.25, -0.2) is 4.79 Å². The predicted octanol–water partition coefficient (Wildman–Crippen LogP) is 2.41. The van der Waals surface area contributed by atoms with Crippen LogP contribution in [-0.4, -0.2) is 36.2 Å². The van der Waals surface area contributed by atoms with Crippen LogP contribution >= 0.6 is 11.6 Å². The molecule has 1 aliphatic rings. The standard InChI is InChI=1S/C16H20ClNO5/c1-2-3-4-12(16(20)21)18-14(19)9-10-7-11(17)15-13(8-10)22-5-6-23-15/h7-8,12H,2-6,9H2,1H3,(H,18,19)(H,20,21). The molecule has 1 aromatic carbocycles. The van der Waals surface area contributed by atoms with Crippen LogP contribution in [0.1, 0.15) is 31.7 Å². The summed E-state index contributed by atoms with van der Waals surface area (Å²) in [7, 11) is 0. The monoisotopic (exact) mass is 341 g/mol. The molecule has 7 heteroatoms. The normalized spacial score (nSPS) is 14.2. The Balaban J connectivity index is 2.02. The number of carboxylic acids is 1. The molecule has 0 aromatic heterocycles. The van der Waals surface area contributed by atoms with Gasteiger partial charge in [0.2, 0.25) is 5.91 Å². The molecule has 0 radical (unpaired) electrons. The average Bonchev–Trinajstić information content (AvgIpc) is 2.51. The molecule has 0 fully saturated rings. The van der Waals surface area contributed by atoms with Gasteiger partial charge in [-0.3, -0.25) is 4.79 Å². The van der Waals surface area contributed by atoms with Gasteiger partial charge in [0.25, 0.3) is 0 Å². The van der Waals surface area contributed by atoms with Crippen LogP contribution in [0.2, 0.25) is 5.02 Å². The van der Waals surface area contributed by atoms with Gasteiger partial charge in [-0.15, -0.1) is 0 Å². The fourth-order valence-corrected chi connectivity index (χ4v) is 2.65. The largest absolute Gasteiger partial charge is 0.486 e. The molecule has 0 saturated carbocycles. The molecule has 2 rings (SSSR count). The van der Waals surface area contributed by atoms with E-state index in [1.165, 1.54) is 0 Å². The number of carbonyl (C=O) groups excluding carboxylic acids is 1. The minimum Gasteiger partial charge on any atom is -0.486 e. The molecule has 0 spiro atoms. The number of amides is 1. The highest BCUT2D eigenvalue weighted by molar-refractivity contribution is 6.32. The van der Waals surface area contributed by atoms with E-state index in [2.05, 4.69) is 5.32 Å². The molecule has 6 nitrogen and oxygen atoms in total. The lowest BCUT2D eigenvalue weighted by molar-refractivity contribution is -0.142. The first-order valence-electron chi connectivity index (χ1n) is 7.61. The van der Waals surface area contributed by atoms with E-state index in [-0.39, 0.29) is 12.3 Å². The van der Waals surface area contributed by atoms with Gasteiger partial charge >= 0.3 is 5.97 Å². The molecule has 2 N–H and O–H groups in total. The maximum absolute atomic E-state index is 12.1. The van der Waals surface area contributed by atoms with E-state index < -0.39 is 12.0 Å². The lowest BCUT2D eigenvalue weighted by atomic mass is 10.1. The number of ether oxygens (including phenoxy) is 2. The highest BCUT2D eigenvalue weighted by Crippen LogP contribution is 2.38. The van der Waals surface area contributed by atoms with E-state index in [9.17, 15) is 9.59 Å². The molecule has 1 heterocycles. The zero-order valence-corrected chi connectivity index (χ0v) is 13.7. The Morgan fingerprint density at radius 3 is 2.78 bits per heavy atom. The van der Waals surface area contributed by atoms with Crippen molar-refractivity contribution in [3.8, 4) is 11.5 Å². The zero-order chi connectivity index (χ0) is 16.8. The van der Waals surface area contributed by atoms with Crippen molar-refractivity contribution < 1.29 is 24.2 Å². The molecule has 1 atom stereocenters. The van der Waals surface area contributed by atoms with Crippen LogP contribution in [0.4, 0.5) is 0 Å². The second-order valence-electron chi connectivity index (χ2n) is 5.38. The number of halogens is 1. The number of benzene rings is 1. The summed E-state index contributed by atoms with van der Waals surface area (Å²) in [5.74, 6) is -0.394. The molecule has 0 saturated heterocycles. The number of unbranched alkanes of at least 4 members (excludes halogenated alkanes) is 1. The number of hydrogen-bond donors (Lipinski definition) is 2. The highest BCUT2D eigenvalue weighted by atomic mass is 35.5. The van der Waals surface area contributed by atoms with E-state index >= 15 is 0 Å². The van der Waals surface area contributed by atoms with Crippen molar-refractivity contribution in [3.63, 3.8) is 0 Å². The van der Waals surface area contributed by atoms with Crippen molar-refractivity contribution >= 4 is 23.5 Å². The summed E-state index contributed by atoms with van der Waals surface area (Å²) in [5, 5.41) is 12.1. The Morgan fingerprint density at radius 1 is 1.35 bits per heavy atom. The van der Waals surface area contributed by atoms with E-state index in [1.807, 2.05) is 6.92 Å². The third-order valence-corrected chi connectivity index (χ3v) is 3.78. The molecule has 0 aliphatic carbocycles. The summed E-state index contributed by atoms with van der Waals surface area (Å²) in [4.78, 5) is 23.2. The molecule has 1 unspecified atom stereocenters. The van der Waals surface area contributed by atoms with Crippen molar-refractivity contribution in [2.75, 3.05) is 13.2 Å². The van der Waals surface area contributed by atoms with Crippen molar-refractivity contribution in [1.29, 1.82) is 0 Å². The SMILES string of the molecule is CCCCC(NC(=O)Cc1cc(Cl)c2c(c1)OCCO2)C(=O)O. The fourth-order valence-electron chi connectivity index (χ4n) is 2.36. The van der Waals surface area contributed by atoms with Crippen LogP contribution in [0, 0.1) is 0 Å². The van der Waals surface area contributed by atoms with Gasteiger partial charge in [0.15, 0.2) is 11.5 Å². The van der Waals surface area contributed by atoms with E-state index in [1.54, 1.807) is 12.1 Å². The number of nitrogens with one attached hydrogen (secondary N) is 1. The Bertz CT molecular complexity index is 590. The van der Waals surface area contributed by atoms with E-state index in [0.29, 0.717) is 41.7 Å². The second kappa shape index (κ2) is 8.06. The van der Waals surface area contributed by atoms with Crippen molar-refractivity contribution in [2.24, 2.45) is 0 Å². The predicted molar refractivity (Wildman–Crippen MR) is 85.2 cm³/mol. The summed E-state index contributed by atoms with van der Waals surface area (Å²) in [6, 6.07) is 2.47. The second-order valence-corrected chi connectivity index (χ2v) is 5.79. The topological polar surface area (TPSA) is 84.9 Å². The lowest BCUT2D eigenvalue weighted by Crippen LogP contribution is -2.41. The van der Waals surface area contributed by atoms with Gasteiger partial charge < -0.3 is 19.9 Å². The lowest BCUT2D eigenvalue weighted by Gasteiger charge is -2.20. The van der Waals surface area contributed by atoms with Crippen molar-refractivity contribution in [2.45, 2.75) is 38.6 Å². The van der Waals surface area contributed by atoms with Crippen LogP contribution in [-0.2, 0) is 16.0 Å². The summed E-state index contributed by atoms with van der Waals surface area (Å²) in [6.07, 6.45) is 2.07. The third kappa shape index (κ3) is 4.76. The Hall–Kier alpha value is -1.95. The van der Waals surface area contributed by atoms with Gasteiger partial charge in [0, 0.05) is 0 Å². The highest BCUT2D eigenvalue weighted by Gasteiger charge is 2.21. The van der Waals surface area contributed by atoms with Gasteiger partial charge in [-0.1, -0.05) is 31.4 Å². The van der Waals surface area contributed by atoms with Gasteiger partial charge in [-0.2, -0.15) is 0 Å². The smallest absolute Gasteiger partial charge is 0.326 e. The van der Waals surface area contributed by atoms with Gasteiger partial charge in [-0.05, 0) is 24.1 Å². The number of fused-ring (bicyclic) bond motifs is 1. The number of carbonyl (C=O) groups is 2. The van der Waals surface area contributed by atoms with Crippen molar-refractivity contribution in [1.82, 2.24) is 5.32 Å². The molecular formula is C16H20ClNO5. The maximum Gasteiger partial charge on any atom is 0.326 e. The molecule has 1 amide bonds. The van der Waals surface area contributed by atoms with Crippen LogP contribution in [0.5, 0.6) is 11.5 Å².